The van der Waals surface area contributed by atoms with E-state index in [0.717, 1.165) is 6.07 Å². The maximum Gasteiger partial charge on any atom is 0.412 e. The van der Waals surface area contributed by atoms with Gasteiger partial charge in [0.25, 0.3) is 5.91 Å². The van der Waals surface area contributed by atoms with Gasteiger partial charge in [0, 0.05) is 17.8 Å². The molecule has 10 heteroatoms. The number of hydrogen-bond donors (Lipinski definition) is 3. The van der Waals surface area contributed by atoms with Gasteiger partial charge in [0.05, 0.1) is 10.6 Å². The molecule has 0 aliphatic rings. The van der Waals surface area contributed by atoms with Gasteiger partial charge in [-0.1, -0.05) is 13.0 Å². The summed E-state index contributed by atoms with van der Waals surface area (Å²) in [6.07, 6.45) is -0.841. The summed E-state index contributed by atoms with van der Waals surface area (Å²) in [5, 5.41) is 4.89. The van der Waals surface area contributed by atoms with E-state index in [1.807, 2.05) is 0 Å². The van der Waals surface area contributed by atoms with Crippen molar-refractivity contribution in [2.45, 2.75) is 45.1 Å². The first-order chi connectivity index (χ1) is 14.3. The molecule has 0 spiro atoms. The molecule has 0 atom stereocenters. The Morgan fingerprint density at radius 3 is 2.35 bits per heavy atom. The number of sulfonamides is 1. The summed E-state index contributed by atoms with van der Waals surface area (Å²) in [6, 6.07) is 7.85. The van der Waals surface area contributed by atoms with Crippen molar-refractivity contribution in [3.63, 3.8) is 0 Å². The van der Waals surface area contributed by atoms with Crippen LogP contribution >= 0.6 is 0 Å². The highest BCUT2D eigenvalue weighted by atomic mass is 32.2. The highest BCUT2D eigenvalue weighted by Gasteiger charge is 2.19. The van der Waals surface area contributed by atoms with Crippen molar-refractivity contribution in [3.8, 4) is 0 Å². The first kappa shape index (κ1) is 24.3. The van der Waals surface area contributed by atoms with E-state index in [-0.39, 0.29) is 28.4 Å². The minimum absolute atomic E-state index is 0.0449. The molecular formula is C21H26FN3O5S. The number of aryl methyl sites for hydroxylation is 1. The third-order valence-corrected chi connectivity index (χ3v) is 5.50. The normalized spacial score (nSPS) is 11.7. The first-order valence-corrected chi connectivity index (χ1v) is 11.0. The van der Waals surface area contributed by atoms with Crippen LogP contribution in [0.3, 0.4) is 0 Å². The fourth-order valence-electron chi connectivity index (χ4n) is 2.60. The zero-order valence-electron chi connectivity index (χ0n) is 18.0. The molecule has 0 fully saturated rings. The lowest BCUT2D eigenvalue weighted by Crippen LogP contribution is -2.27. The van der Waals surface area contributed by atoms with E-state index in [9.17, 15) is 22.4 Å². The Labute approximate surface area is 181 Å². The maximum atomic E-state index is 14.1. The molecule has 0 unspecified atom stereocenters. The van der Waals surface area contributed by atoms with Gasteiger partial charge in [-0.05, 0) is 63.6 Å². The summed E-state index contributed by atoms with van der Waals surface area (Å²) in [4.78, 5) is 24.6. The van der Waals surface area contributed by atoms with Gasteiger partial charge in [0.2, 0.25) is 10.0 Å². The smallest absolute Gasteiger partial charge is 0.412 e. The van der Waals surface area contributed by atoms with E-state index in [0.29, 0.717) is 5.56 Å². The van der Waals surface area contributed by atoms with Gasteiger partial charge >= 0.3 is 6.09 Å². The summed E-state index contributed by atoms with van der Waals surface area (Å²) in [5.74, 6) is -1.29. The quantitative estimate of drug-likeness (QED) is 0.614. The zero-order chi connectivity index (χ0) is 23.4. The van der Waals surface area contributed by atoms with Gasteiger partial charge in [-0.25, -0.2) is 22.3 Å². The van der Waals surface area contributed by atoms with Crippen molar-refractivity contribution < 1.29 is 27.1 Å². The summed E-state index contributed by atoms with van der Waals surface area (Å²) in [5.41, 5.74) is -0.0294. The summed E-state index contributed by atoms with van der Waals surface area (Å²) in [7, 11) is -3.74. The topological polar surface area (TPSA) is 114 Å². The summed E-state index contributed by atoms with van der Waals surface area (Å²) >= 11 is 0. The van der Waals surface area contributed by atoms with Crippen LogP contribution in [0.1, 0.15) is 43.6 Å². The van der Waals surface area contributed by atoms with Gasteiger partial charge in [-0.2, -0.15) is 0 Å². The van der Waals surface area contributed by atoms with Crippen LogP contribution in [0.4, 0.5) is 20.6 Å². The number of anilines is 2. The fraction of sp³-hybridized carbons (Fsp3) is 0.333. The van der Waals surface area contributed by atoms with Gasteiger partial charge < -0.3 is 10.1 Å². The molecule has 0 aliphatic heterocycles. The van der Waals surface area contributed by atoms with Crippen LogP contribution in [0.25, 0.3) is 0 Å². The minimum Gasteiger partial charge on any atom is -0.444 e. The van der Waals surface area contributed by atoms with Crippen LogP contribution < -0.4 is 15.4 Å². The van der Waals surface area contributed by atoms with Crippen molar-refractivity contribution in [2.24, 2.45) is 0 Å². The van der Waals surface area contributed by atoms with Gasteiger partial charge in [0.1, 0.15) is 11.4 Å². The third kappa shape index (κ3) is 6.76. The number of ether oxygens (including phenoxy) is 1. The molecule has 2 rings (SSSR count). The average Bonchev–Trinajstić information content (AvgIpc) is 2.63. The van der Waals surface area contributed by atoms with E-state index in [2.05, 4.69) is 15.4 Å². The Morgan fingerprint density at radius 1 is 1.06 bits per heavy atom. The van der Waals surface area contributed by atoms with Gasteiger partial charge in [-0.3, -0.25) is 10.1 Å². The van der Waals surface area contributed by atoms with Crippen molar-refractivity contribution in [1.82, 2.24) is 4.72 Å². The third-order valence-electron chi connectivity index (χ3n) is 3.96. The van der Waals surface area contributed by atoms with Crippen molar-refractivity contribution in [3.05, 3.63) is 53.3 Å². The Morgan fingerprint density at radius 2 is 1.74 bits per heavy atom. The molecule has 0 saturated heterocycles. The molecule has 8 nitrogen and oxygen atoms in total. The van der Waals surface area contributed by atoms with Gasteiger partial charge in [-0.15, -0.1) is 0 Å². The SMILES string of the molecule is CCNS(=O)(=O)c1ccc(C)c(C(=O)Nc2ccc(F)c(NC(=O)OC(C)(C)C)c2)c1. The Balaban J connectivity index is 2.25. The zero-order valence-corrected chi connectivity index (χ0v) is 18.8. The molecule has 0 heterocycles. The van der Waals surface area contributed by atoms with E-state index in [1.165, 1.54) is 30.3 Å². The molecule has 31 heavy (non-hydrogen) atoms. The summed E-state index contributed by atoms with van der Waals surface area (Å²) in [6.45, 7) is 8.54. The number of halogens is 1. The summed E-state index contributed by atoms with van der Waals surface area (Å²) < 4.78 is 46.0. The number of carbonyl (C=O) groups excluding carboxylic acids is 2. The van der Waals surface area contributed by atoms with E-state index < -0.39 is 33.4 Å². The Hall–Kier alpha value is -2.98. The minimum atomic E-state index is -3.74. The molecule has 0 bridgehead atoms. The average molecular weight is 452 g/mol. The second-order valence-corrected chi connectivity index (χ2v) is 9.52. The van der Waals surface area contributed by atoms with E-state index in [4.69, 9.17) is 4.74 Å². The lowest BCUT2D eigenvalue weighted by atomic mass is 10.1. The van der Waals surface area contributed by atoms with E-state index in [1.54, 1.807) is 34.6 Å². The second-order valence-electron chi connectivity index (χ2n) is 7.75. The molecule has 0 aliphatic carbocycles. The van der Waals surface area contributed by atoms with Crippen LogP contribution in [-0.4, -0.2) is 32.6 Å². The molecular weight excluding hydrogens is 425 g/mol. The van der Waals surface area contributed by atoms with Crippen molar-refractivity contribution in [2.75, 3.05) is 17.2 Å². The van der Waals surface area contributed by atoms with Crippen LogP contribution in [-0.2, 0) is 14.8 Å². The molecule has 0 aromatic heterocycles. The van der Waals surface area contributed by atoms with Crippen LogP contribution in [0, 0.1) is 12.7 Å². The van der Waals surface area contributed by atoms with Crippen LogP contribution in [0.15, 0.2) is 41.3 Å². The maximum absolute atomic E-state index is 14.1. The number of nitrogens with one attached hydrogen (secondary N) is 3. The van der Waals surface area contributed by atoms with Crippen LogP contribution in [0.5, 0.6) is 0 Å². The highest BCUT2D eigenvalue weighted by molar-refractivity contribution is 7.89. The predicted octanol–water partition coefficient (Wildman–Crippen LogP) is 4.03. The van der Waals surface area contributed by atoms with Crippen LogP contribution in [0.2, 0.25) is 0 Å². The molecule has 3 N–H and O–H groups in total. The van der Waals surface area contributed by atoms with E-state index >= 15 is 0 Å². The first-order valence-electron chi connectivity index (χ1n) is 9.53. The number of rotatable bonds is 6. The number of hydrogen-bond acceptors (Lipinski definition) is 5. The molecule has 2 aromatic carbocycles. The predicted molar refractivity (Wildman–Crippen MR) is 116 cm³/mol. The monoisotopic (exact) mass is 451 g/mol. The Bertz CT molecular complexity index is 1090. The molecule has 168 valence electrons. The highest BCUT2D eigenvalue weighted by Crippen LogP contribution is 2.23. The second kappa shape index (κ2) is 9.44. The largest absolute Gasteiger partial charge is 0.444 e. The number of benzene rings is 2. The molecule has 0 saturated carbocycles. The molecule has 0 radical (unpaired) electrons. The standard InChI is InChI=1S/C21H26FN3O5S/c1-6-23-31(28,29)15-9-7-13(2)16(12-15)19(26)24-14-8-10-17(22)18(11-14)25-20(27)30-21(3,4)5/h7-12,23H,6H2,1-5H3,(H,24,26)(H,25,27). The molecule has 2 aromatic rings. The van der Waals surface area contributed by atoms with Crippen molar-refractivity contribution >= 4 is 33.4 Å². The van der Waals surface area contributed by atoms with Gasteiger partial charge in [0.15, 0.2) is 0 Å². The molecule has 2 amide bonds. The lowest BCUT2D eigenvalue weighted by molar-refractivity contribution is 0.0635. The lowest BCUT2D eigenvalue weighted by Gasteiger charge is -2.20. The fourth-order valence-corrected chi connectivity index (χ4v) is 3.66. The van der Waals surface area contributed by atoms with Crippen molar-refractivity contribution in [1.29, 1.82) is 0 Å². The Kier molecular flexibility index (Phi) is 7.40. The number of amides is 2. The number of carbonyl (C=O) groups is 2.